The Morgan fingerprint density at radius 2 is 2.26 bits per heavy atom. The summed E-state index contributed by atoms with van der Waals surface area (Å²) in [5.74, 6) is -1.39. The average Bonchev–Trinajstić information content (AvgIpc) is 2.33. The average molecular weight is 306 g/mol. The summed E-state index contributed by atoms with van der Waals surface area (Å²) < 4.78 is 14.7. The molecular formula is C9H11N2O6PS. The summed E-state index contributed by atoms with van der Waals surface area (Å²) in [5, 5.41) is -0.421. The SMILES string of the molecule is C=CC1=C(C(=O)OP(=O)(O)O)N2C(=O)C(N)C2SC1. The van der Waals surface area contributed by atoms with Crippen molar-refractivity contribution in [1.82, 2.24) is 4.90 Å². The van der Waals surface area contributed by atoms with E-state index in [1.54, 1.807) is 0 Å². The number of hydrogen-bond donors (Lipinski definition) is 3. The lowest BCUT2D eigenvalue weighted by molar-refractivity contribution is -0.147. The number of nitrogens with zero attached hydrogens (tertiary/aromatic N) is 1. The molecule has 0 aromatic rings. The summed E-state index contributed by atoms with van der Waals surface area (Å²) in [6, 6.07) is -0.728. The Balaban J connectivity index is 2.35. The molecule has 0 saturated carbocycles. The molecule has 0 spiro atoms. The predicted molar refractivity (Wildman–Crippen MR) is 66.4 cm³/mol. The second-order valence-corrected chi connectivity index (χ2v) is 6.15. The number of hydrogen-bond acceptors (Lipinski definition) is 6. The summed E-state index contributed by atoms with van der Waals surface area (Å²) in [7, 11) is -4.98. The first kappa shape index (κ1) is 14.3. The van der Waals surface area contributed by atoms with Crippen LogP contribution in [0.4, 0.5) is 0 Å². The van der Waals surface area contributed by atoms with Crippen LogP contribution in [0, 0.1) is 0 Å². The zero-order valence-electron chi connectivity index (χ0n) is 9.55. The van der Waals surface area contributed by atoms with Crippen molar-refractivity contribution in [2.45, 2.75) is 11.4 Å². The van der Waals surface area contributed by atoms with Crippen LogP contribution in [-0.2, 0) is 18.7 Å². The monoisotopic (exact) mass is 306 g/mol. The van der Waals surface area contributed by atoms with Crippen molar-refractivity contribution in [3.05, 3.63) is 23.9 Å². The van der Waals surface area contributed by atoms with Crippen LogP contribution in [0.1, 0.15) is 0 Å². The molecule has 19 heavy (non-hydrogen) atoms. The Hall–Kier alpha value is -1.12. The second kappa shape index (κ2) is 4.77. The van der Waals surface area contributed by atoms with Gasteiger partial charge in [-0.15, -0.1) is 11.8 Å². The van der Waals surface area contributed by atoms with Gasteiger partial charge >= 0.3 is 13.8 Å². The van der Waals surface area contributed by atoms with Gasteiger partial charge in [0.1, 0.15) is 17.1 Å². The minimum Gasteiger partial charge on any atom is -0.366 e. The molecule has 2 aliphatic heterocycles. The lowest BCUT2D eigenvalue weighted by atomic mass is 10.0. The molecule has 104 valence electrons. The molecule has 0 bridgehead atoms. The van der Waals surface area contributed by atoms with Crippen molar-refractivity contribution in [3.63, 3.8) is 0 Å². The summed E-state index contributed by atoms with van der Waals surface area (Å²) in [6.45, 7) is 3.50. The first-order valence-electron chi connectivity index (χ1n) is 5.11. The molecule has 2 heterocycles. The normalized spacial score (nSPS) is 26.7. The van der Waals surface area contributed by atoms with E-state index in [-0.39, 0.29) is 5.70 Å². The van der Waals surface area contributed by atoms with Gasteiger partial charge in [0.2, 0.25) is 5.91 Å². The number of thioether (sulfide) groups is 1. The van der Waals surface area contributed by atoms with Gasteiger partial charge in [-0.25, -0.2) is 9.36 Å². The molecule has 1 amide bonds. The largest absolute Gasteiger partial charge is 0.527 e. The van der Waals surface area contributed by atoms with Crippen molar-refractivity contribution in [1.29, 1.82) is 0 Å². The van der Waals surface area contributed by atoms with Gasteiger partial charge in [0.05, 0.1) is 0 Å². The number of carbonyl (C=O) groups is 2. The maximum absolute atomic E-state index is 11.8. The van der Waals surface area contributed by atoms with Gasteiger partial charge in [0.15, 0.2) is 0 Å². The van der Waals surface area contributed by atoms with Crippen LogP contribution in [0.25, 0.3) is 0 Å². The Kier molecular flexibility index (Phi) is 3.59. The van der Waals surface area contributed by atoms with E-state index in [1.807, 2.05) is 0 Å². The highest BCUT2D eigenvalue weighted by Crippen LogP contribution is 2.43. The van der Waals surface area contributed by atoms with Crippen molar-refractivity contribution >= 4 is 31.5 Å². The molecule has 2 atom stereocenters. The molecule has 4 N–H and O–H groups in total. The molecule has 1 saturated heterocycles. The molecule has 2 rings (SSSR count). The fraction of sp³-hybridized carbons (Fsp3) is 0.333. The number of allylic oxidation sites excluding steroid dienone is 1. The molecule has 0 aromatic carbocycles. The molecule has 0 aliphatic carbocycles. The Bertz CT molecular complexity index is 541. The van der Waals surface area contributed by atoms with E-state index < -0.39 is 31.1 Å². The number of phosphoric ester groups is 1. The fourth-order valence-corrected chi connectivity index (χ4v) is 3.43. The number of carbonyl (C=O) groups excluding carboxylic acids is 2. The third-order valence-corrected chi connectivity index (χ3v) is 4.41. The molecule has 2 unspecified atom stereocenters. The summed E-state index contributed by atoms with van der Waals surface area (Å²) in [6.07, 6.45) is 1.34. The Morgan fingerprint density at radius 1 is 1.63 bits per heavy atom. The first-order chi connectivity index (χ1) is 8.76. The van der Waals surface area contributed by atoms with Crippen LogP contribution in [0.15, 0.2) is 23.9 Å². The Labute approximate surface area is 112 Å². The van der Waals surface area contributed by atoms with Crippen LogP contribution >= 0.6 is 19.6 Å². The third-order valence-electron chi connectivity index (χ3n) is 2.68. The number of fused-ring (bicyclic) bond motifs is 1. The smallest absolute Gasteiger partial charge is 0.366 e. The van der Waals surface area contributed by atoms with E-state index in [4.69, 9.17) is 15.5 Å². The minimum atomic E-state index is -4.98. The van der Waals surface area contributed by atoms with Gasteiger partial charge < -0.3 is 10.3 Å². The summed E-state index contributed by atoms with van der Waals surface area (Å²) in [4.78, 5) is 41.8. The minimum absolute atomic E-state index is 0.200. The Morgan fingerprint density at radius 3 is 2.79 bits per heavy atom. The number of rotatable bonds is 3. The number of β-lactam (4-membered cyclic amide) rings is 1. The molecule has 0 aromatic heterocycles. The van der Waals surface area contributed by atoms with Gasteiger partial charge in [-0.2, -0.15) is 0 Å². The van der Waals surface area contributed by atoms with Gasteiger partial charge in [0.25, 0.3) is 0 Å². The zero-order valence-corrected chi connectivity index (χ0v) is 11.3. The van der Waals surface area contributed by atoms with E-state index in [0.29, 0.717) is 11.3 Å². The van der Waals surface area contributed by atoms with Gasteiger partial charge in [-0.3, -0.25) is 19.5 Å². The number of phosphoric acid groups is 1. The highest BCUT2D eigenvalue weighted by Gasteiger charge is 2.52. The van der Waals surface area contributed by atoms with Crippen molar-refractivity contribution in [2.24, 2.45) is 5.73 Å². The molecule has 1 fully saturated rings. The zero-order chi connectivity index (χ0) is 14.4. The maximum atomic E-state index is 11.8. The van der Waals surface area contributed by atoms with Crippen LogP contribution < -0.4 is 5.73 Å². The van der Waals surface area contributed by atoms with Gasteiger partial charge in [-0.1, -0.05) is 12.7 Å². The highest BCUT2D eigenvalue weighted by molar-refractivity contribution is 8.00. The van der Waals surface area contributed by atoms with E-state index in [9.17, 15) is 14.2 Å². The molecular weight excluding hydrogens is 295 g/mol. The van der Waals surface area contributed by atoms with E-state index in [1.165, 1.54) is 17.8 Å². The third kappa shape index (κ3) is 2.47. The first-order valence-corrected chi connectivity index (χ1v) is 7.69. The standard InChI is InChI=1S/C9H11N2O6PS/c1-2-4-3-19-8-5(10)7(12)11(8)6(4)9(13)17-18(14,15)16/h2,5,8H,1,3,10H2,(H2,14,15,16). The van der Waals surface area contributed by atoms with Gasteiger partial charge in [-0.05, 0) is 5.57 Å². The molecule has 10 heteroatoms. The van der Waals surface area contributed by atoms with Crippen LogP contribution in [0.3, 0.4) is 0 Å². The summed E-state index contributed by atoms with van der Waals surface area (Å²) in [5.41, 5.74) is 5.76. The van der Waals surface area contributed by atoms with Crippen LogP contribution in [0.5, 0.6) is 0 Å². The highest BCUT2D eigenvalue weighted by atomic mass is 32.2. The van der Waals surface area contributed by atoms with Crippen LogP contribution in [0.2, 0.25) is 0 Å². The van der Waals surface area contributed by atoms with E-state index in [2.05, 4.69) is 11.1 Å². The van der Waals surface area contributed by atoms with Crippen molar-refractivity contribution in [3.8, 4) is 0 Å². The number of amides is 1. The van der Waals surface area contributed by atoms with Crippen molar-refractivity contribution in [2.75, 3.05) is 5.75 Å². The summed E-state index contributed by atoms with van der Waals surface area (Å²) >= 11 is 1.35. The molecule has 2 aliphatic rings. The topological polar surface area (TPSA) is 130 Å². The van der Waals surface area contributed by atoms with Gasteiger partial charge in [0, 0.05) is 5.75 Å². The molecule has 8 nitrogen and oxygen atoms in total. The molecule has 0 radical (unpaired) electrons. The van der Waals surface area contributed by atoms with E-state index >= 15 is 0 Å². The lowest BCUT2D eigenvalue weighted by Gasteiger charge is -2.47. The predicted octanol–water partition coefficient (Wildman–Crippen LogP) is -0.695. The fourth-order valence-electron chi connectivity index (χ4n) is 1.84. The van der Waals surface area contributed by atoms with Crippen molar-refractivity contribution < 1.29 is 28.5 Å². The van der Waals surface area contributed by atoms with E-state index in [0.717, 1.165) is 4.90 Å². The van der Waals surface area contributed by atoms with Crippen LogP contribution in [-0.4, -0.2) is 43.7 Å². The quantitative estimate of drug-likeness (QED) is 0.461. The lowest BCUT2D eigenvalue weighted by Crippen LogP contribution is -2.68. The maximum Gasteiger partial charge on any atom is 0.527 e. The second-order valence-electron chi connectivity index (χ2n) is 3.88. The number of nitrogens with two attached hydrogens (primary N) is 1.